The molecule has 0 saturated carbocycles. The van der Waals surface area contributed by atoms with Crippen molar-refractivity contribution in [2.45, 2.75) is 51.0 Å². The maximum Gasteiger partial charge on any atom is 0.303 e. The smallest absolute Gasteiger partial charge is 0.303 e. The second kappa shape index (κ2) is 5.13. The zero-order valence-electron chi connectivity index (χ0n) is 11.2. The summed E-state index contributed by atoms with van der Waals surface area (Å²) in [5.74, 6) is -1.03. The molecule has 2 fully saturated rings. The monoisotopic (exact) mass is 260 g/mol. The summed E-state index contributed by atoms with van der Waals surface area (Å²) in [4.78, 5) is 11.1. The fourth-order valence-corrected chi connectivity index (χ4v) is 2.36. The summed E-state index contributed by atoms with van der Waals surface area (Å²) < 4.78 is 27.6. The minimum absolute atomic E-state index is 0.185. The first kappa shape index (κ1) is 13.7. The minimum Gasteiger partial charge on any atom is -0.457 e. The van der Waals surface area contributed by atoms with Crippen LogP contribution in [0.2, 0.25) is 0 Å². The molecule has 0 spiro atoms. The molecule has 0 aromatic carbocycles. The molecule has 4 atom stereocenters. The van der Waals surface area contributed by atoms with Gasteiger partial charge in [0, 0.05) is 14.0 Å². The van der Waals surface area contributed by atoms with Crippen LogP contribution in [0.1, 0.15) is 20.8 Å². The summed E-state index contributed by atoms with van der Waals surface area (Å²) in [6.07, 6.45) is -1.26. The van der Waals surface area contributed by atoms with E-state index in [9.17, 15) is 4.79 Å². The topological polar surface area (TPSA) is 63.2 Å². The highest BCUT2D eigenvalue weighted by Gasteiger charge is 2.48. The summed E-state index contributed by atoms with van der Waals surface area (Å²) in [7, 11) is 1.58. The van der Waals surface area contributed by atoms with Crippen LogP contribution < -0.4 is 0 Å². The number of carbonyl (C=O) groups excluding carboxylic acids is 1. The summed E-state index contributed by atoms with van der Waals surface area (Å²) >= 11 is 0. The van der Waals surface area contributed by atoms with Crippen molar-refractivity contribution in [3.8, 4) is 0 Å². The van der Waals surface area contributed by atoms with Gasteiger partial charge in [0.15, 0.2) is 11.9 Å². The van der Waals surface area contributed by atoms with Crippen molar-refractivity contribution in [2.24, 2.45) is 0 Å². The number of rotatable bonds is 2. The Kier molecular flexibility index (Phi) is 3.91. The van der Waals surface area contributed by atoms with E-state index in [1.54, 1.807) is 7.11 Å². The van der Waals surface area contributed by atoms with Gasteiger partial charge in [0.05, 0.1) is 13.2 Å². The Balaban J connectivity index is 2.10. The summed E-state index contributed by atoms with van der Waals surface area (Å²) in [5.41, 5.74) is 0. The van der Waals surface area contributed by atoms with Crippen LogP contribution in [-0.2, 0) is 28.5 Å². The van der Waals surface area contributed by atoms with Gasteiger partial charge in [0.2, 0.25) is 0 Å². The molecular formula is C12H20O6. The first-order chi connectivity index (χ1) is 8.43. The fraction of sp³-hybridized carbons (Fsp3) is 0.917. The van der Waals surface area contributed by atoms with Crippen LogP contribution in [0.25, 0.3) is 0 Å². The highest BCUT2D eigenvalue weighted by Crippen LogP contribution is 2.32. The van der Waals surface area contributed by atoms with E-state index in [1.807, 2.05) is 13.8 Å². The number of esters is 1. The van der Waals surface area contributed by atoms with Crippen molar-refractivity contribution in [3.63, 3.8) is 0 Å². The molecule has 0 N–H and O–H groups in total. The second-order valence-corrected chi connectivity index (χ2v) is 5.01. The Labute approximate surface area is 106 Å². The van der Waals surface area contributed by atoms with Crippen molar-refractivity contribution in [2.75, 3.05) is 20.3 Å². The van der Waals surface area contributed by atoms with Gasteiger partial charge < -0.3 is 23.7 Å². The summed E-state index contributed by atoms with van der Waals surface area (Å²) in [5, 5.41) is 0. The molecule has 6 heteroatoms. The number of methoxy groups -OCH3 is 1. The number of fused-ring (bicyclic) bond motifs is 1. The van der Waals surface area contributed by atoms with Gasteiger partial charge >= 0.3 is 5.97 Å². The Hall–Kier alpha value is -0.690. The number of hydrogen-bond acceptors (Lipinski definition) is 6. The van der Waals surface area contributed by atoms with Crippen molar-refractivity contribution >= 4 is 5.97 Å². The van der Waals surface area contributed by atoms with Crippen LogP contribution in [0.15, 0.2) is 0 Å². The highest BCUT2D eigenvalue weighted by molar-refractivity contribution is 5.66. The van der Waals surface area contributed by atoms with Gasteiger partial charge in [0.25, 0.3) is 0 Å². The van der Waals surface area contributed by atoms with Gasteiger partial charge in [-0.15, -0.1) is 0 Å². The fourth-order valence-electron chi connectivity index (χ4n) is 2.36. The molecule has 104 valence electrons. The van der Waals surface area contributed by atoms with E-state index in [4.69, 9.17) is 23.7 Å². The largest absolute Gasteiger partial charge is 0.457 e. The molecule has 2 rings (SSSR count). The average Bonchev–Trinajstić information content (AvgIpc) is 2.26. The van der Waals surface area contributed by atoms with Crippen LogP contribution in [0.3, 0.4) is 0 Å². The third-order valence-electron chi connectivity index (χ3n) is 3.14. The SMILES string of the molecule is CO[C@H]1C(OC(C)=O)COC2COC(C)(C)O[C@H]21. The predicted molar refractivity (Wildman–Crippen MR) is 61.0 cm³/mol. The molecule has 0 radical (unpaired) electrons. The predicted octanol–water partition coefficient (Wildman–Crippen LogP) is 0.483. The Morgan fingerprint density at radius 1 is 1.33 bits per heavy atom. The van der Waals surface area contributed by atoms with Crippen LogP contribution >= 0.6 is 0 Å². The Morgan fingerprint density at radius 2 is 2.06 bits per heavy atom. The molecule has 2 aliphatic heterocycles. The van der Waals surface area contributed by atoms with E-state index in [0.717, 1.165) is 0 Å². The van der Waals surface area contributed by atoms with Crippen molar-refractivity contribution in [1.82, 2.24) is 0 Å². The average molecular weight is 260 g/mol. The van der Waals surface area contributed by atoms with Gasteiger partial charge in [-0.05, 0) is 13.8 Å². The van der Waals surface area contributed by atoms with Gasteiger partial charge in [-0.3, -0.25) is 4.79 Å². The van der Waals surface area contributed by atoms with Crippen LogP contribution in [0.5, 0.6) is 0 Å². The van der Waals surface area contributed by atoms with Crippen LogP contribution in [0, 0.1) is 0 Å². The lowest BCUT2D eigenvalue weighted by Crippen LogP contribution is -2.62. The zero-order chi connectivity index (χ0) is 13.3. The third-order valence-corrected chi connectivity index (χ3v) is 3.14. The standard InChI is InChI=1S/C12H20O6/c1-7(13)17-9-5-15-8-6-16-12(2,3)18-11(8)10(9)14-4/h8-11H,5-6H2,1-4H3/t8?,9?,10-,11+/m0/s1. The molecule has 2 heterocycles. The molecule has 0 amide bonds. The molecule has 0 aromatic heterocycles. The van der Waals surface area contributed by atoms with E-state index in [0.29, 0.717) is 13.2 Å². The van der Waals surface area contributed by atoms with E-state index >= 15 is 0 Å². The Bertz CT molecular complexity index is 316. The number of carbonyl (C=O) groups is 1. The lowest BCUT2D eigenvalue weighted by Gasteiger charge is -2.47. The molecule has 0 bridgehead atoms. The first-order valence-corrected chi connectivity index (χ1v) is 6.06. The van der Waals surface area contributed by atoms with E-state index in [1.165, 1.54) is 6.92 Å². The Morgan fingerprint density at radius 3 is 2.67 bits per heavy atom. The van der Waals surface area contributed by atoms with Crippen molar-refractivity contribution in [3.05, 3.63) is 0 Å². The van der Waals surface area contributed by atoms with E-state index < -0.39 is 11.9 Å². The lowest BCUT2D eigenvalue weighted by atomic mass is 9.98. The number of hydrogen-bond donors (Lipinski definition) is 0. The third kappa shape index (κ3) is 2.83. The molecule has 0 aliphatic carbocycles. The van der Waals surface area contributed by atoms with Gasteiger partial charge in [-0.25, -0.2) is 0 Å². The van der Waals surface area contributed by atoms with Crippen molar-refractivity contribution in [1.29, 1.82) is 0 Å². The second-order valence-electron chi connectivity index (χ2n) is 5.01. The summed E-state index contributed by atoms with van der Waals surface area (Å²) in [6.45, 7) is 5.79. The van der Waals surface area contributed by atoms with Crippen molar-refractivity contribution < 1.29 is 28.5 Å². The maximum atomic E-state index is 11.1. The first-order valence-electron chi connectivity index (χ1n) is 6.06. The normalized spacial score (nSPS) is 38.9. The molecule has 2 saturated heterocycles. The van der Waals surface area contributed by atoms with Gasteiger partial charge in [0.1, 0.15) is 18.3 Å². The number of ether oxygens (including phenoxy) is 5. The molecule has 2 unspecified atom stereocenters. The van der Waals surface area contributed by atoms with Crippen LogP contribution in [-0.4, -0.2) is 56.5 Å². The van der Waals surface area contributed by atoms with E-state index in [2.05, 4.69) is 0 Å². The highest BCUT2D eigenvalue weighted by atomic mass is 16.7. The maximum absolute atomic E-state index is 11.1. The van der Waals surface area contributed by atoms with Gasteiger partial charge in [-0.2, -0.15) is 0 Å². The molecule has 18 heavy (non-hydrogen) atoms. The molecule has 2 aliphatic rings. The lowest BCUT2D eigenvalue weighted by molar-refractivity contribution is -0.349. The van der Waals surface area contributed by atoms with Crippen LogP contribution in [0.4, 0.5) is 0 Å². The molecule has 6 nitrogen and oxygen atoms in total. The molecular weight excluding hydrogens is 240 g/mol. The summed E-state index contributed by atoms with van der Waals surface area (Å²) in [6, 6.07) is 0. The van der Waals surface area contributed by atoms with Gasteiger partial charge in [-0.1, -0.05) is 0 Å². The molecule has 0 aromatic rings. The quantitative estimate of drug-likeness (QED) is 0.673. The van der Waals surface area contributed by atoms with E-state index in [-0.39, 0.29) is 24.3 Å². The zero-order valence-corrected chi connectivity index (χ0v) is 11.2. The minimum atomic E-state index is -0.681.